The Morgan fingerprint density at radius 2 is 2.03 bits per heavy atom. The molecular formula is C23H37N3O3. The third-order valence-corrected chi connectivity index (χ3v) is 9.01. The van der Waals surface area contributed by atoms with Gasteiger partial charge in [-0.2, -0.15) is 4.91 Å². The number of hydroxylamine groups is 1. The van der Waals surface area contributed by atoms with Crippen molar-refractivity contribution >= 4 is 5.78 Å². The van der Waals surface area contributed by atoms with E-state index >= 15 is 0 Å². The van der Waals surface area contributed by atoms with Crippen molar-refractivity contribution in [2.24, 2.45) is 39.7 Å². The minimum Gasteiger partial charge on any atom is -0.320 e. The number of allylic oxidation sites excluding steroid dienone is 1. The summed E-state index contributed by atoms with van der Waals surface area (Å²) in [5.41, 5.74) is 4.17. The smallest absolute Gasteiger partial charge is 0.139 e. The van der Waals surface area contributed by atoms with E-state index in [1.165, 1.54) is 0 Å². The van der Waals surface area contributed by atoms with Crippen LogP contribution in [0.15, 0.2) is 16.9 Å². The average Bonchev–Trinajstić information content (AvgIpc) is 3.02. The number of Topliss-reactive ketones (excluding diaryl/α,β-unsaturated/α-hetero) is 1. The summed E-state index contributed by atoms with van der Waals surface area (Å²) in [6, 6.07) is -0.194. The molecule has 0 aromatic rings. The van der Waals surface area contributed by atoms with Crippen LogP contribution in [-0.4, -0.2) is 32.0 Å². The van der Waals surface area contributed by atoms with Gasteiger partial charge in [0, 0.05) is 23.5 Å². The van der Waals surface area contributed by atoms with Crippen LogP contribution in [0.1, 0.15) is 65.2 Å². The number of rotatable bonds is 7. The number of carbonyl (C=O) groups is 1. The molecule has 4 aliphatic carbocycles. The van der Waals surface area contributed by atoms with Gasteiger partial charge in [0.1, 0.15) is 5.78 Å². The summed E-state index contributed by atoms with van der Waals surface area (Å²) < 4.78 is 0. The zero-order valence-corrected chi connectivity index (χ0v) is 18.2. The highest BCUT2D eigenvalue weighted by atomic mass is 16.6. The van der Waals surface area contributed by atoms with Crippen molar-refractivity contribution in [2.75, 3.05) is 20.2 Å². The normalized spacial score (nSPS) is 43.8. The highest BCUT2D eigenvalue weighted by Crippen LogP contribution is 2.65. The number of carbonyl (C=O) groups excluding carboxylic acids is 1. The topological polar surface area (TPSA) is 79.8 Å². The Bertz CT molecular complexity index is 680. The van der Waals surface area contributed by atoms with Crippen LogP contribution in [0.4, 0.5) is 0 Å². The van der Waals surface area contributed by atoms with Crippen molar-refractivity contribution in [3.8, 4) is 0 Å². The van der Waals surface area contributed by atoms with Gasteiger partial charge in [0.2, 0.25) is 0 Å². The fourth-order valence-corrected chi connectivity index (χ4v) is 7.33. The van der Waals surface area contributed by atoms with Crippen molar-refractivity contribution in [1.29, 1.82) is 0 Å². The van der Waals surface area contributed by atoms with Crippen LogP contribution in [-0.2, 0) is 9.63 Å². The van der Waals surface area contributed by atoms with E-state index in [-0.39, 0.29) is 22.8 Å². The predicted molar refractivity (Wildman–Crippen MR) is 113 cm³/mol. The molecule has 3 saturated carbocycles. The first-order valence-electron chi connectivity index (χ1n) is 11.5. The van der Waals surface area contributed by atoms with Crippen LogP contribution in [0.25, 0.3) is 0 Å². The van der Waals surface area contributed by atoms with E-state index in [1.807, 2.05) is 7.05 Å². The van der Waals surface area contributed by atoms with Crippen molar-refractivity contribution in [1.82, 2.24) is 10.8 Å². The van der Waals surface area contributed by atoms with Crippen LogP contribution in [0, 0.1) is 39.4 Å². The molecule has 0 bridgehead atoms. The number of nitrogens with zero attached hydrogens (tertiary/aromatic N) is 1. The highest BCUT2D eigenvalue weighted by molar-refractivity contribution is 5.87. The zero-order valence-electron chi connectivity index (χ0n) is 18.2. The van der Waals surface area contributed by atoms with Crippen molar-refractivity contribution < 1.29 is 9.63 Å². The molecule has 29 heavy (non-hydrogen) atoms. The van der Waals surface area contributed by atoms with Crippen LogP contribution < -0.4 is 10.8 Å². The summed E-state index contributed by atoms with van der Waals surface area (Å²) in [6.07, 6.45) is 9.91. The second kappa shape index (κ2) is 8.10. The molecule has 4 aliphatic rings. The molecule has 0 radical (unpaired) electrons. The molecule has 6 nitrogen and oxygen atoms in total. The van der Waals surface area contributed by atoms with Gasteiger partial charge in [-0.3, -0.25) is 15.1 Å². The molecular weight excluding hydrogens is 366 g/mol. The van der Waals surface area contributed by atoms with E-state index < -0.39 is 0 Å². The van der Waals surface area contributed by atoms with Gasteiger partial charge in [0.25, 0.3) is 0 Å². The monoisotopic (exact) mass is 403 g/mol. The number of nitrogens with one attached hydrogen (secondary N) is 2. The summed E-state index contributed by atoms with van der Waals surface area (Å²) in [5.74, 6) is 2.11. The largest absolute Gasteiger partial charge is 0.320 e. The van der Waals surface area contributed by atoms with E-state index in [4.69, 9.17) is 4.84 Å². The van der Waals surface area contributed by atoms with E-state index in [0.717, 1.165) is 63.6 Å². The van der Waals surface area contributed by atoms with E-state index in [1.54, 1.807) is 0 Å². The third kappa shape index (κ3) is 3.46. The molecule has 0 aromatic heterocycles. The molecule has 0 aromatic carbocycles. The fourth-order valence-electron chi connectivity index (χ4n) is 7.33. The third-order valence-electron chi connectivity index (χ3n) is 9.01. The van der Waals surface area contributed by atoms with Gasteiger partial charge in [-0.1, -0.05) is 25.1 Å². The lowest BCUT2D eigenvalue weighted by molar-refractivity contribution is -0.136. The number of hydrogen-bond donors (Lipinski definition) is 2. The molecule has 0 saturated heterocycles. The molecule has 4 rings (SSSR count). The molecule has 162 valence electrons. The summed E-state index contributed by atoms with van der Waals surface area (Å²) in [5, 5.41) is 6.74. The maximum atomic E-state index is 12.6. The number of nitroso groups, excluding NO2 is 1. The lowest BCUT2D eigenvalue weighted by Gasteiger charge is -2.59. The van der Waals surface area contributed by atoms with E-state index in [9.17, 15) is 9.70 Å². The van der Waals surface area contributed by atoms with Crippen LogP contribution in [0.5, 0.6) is 0 Å². The first kappa shape index (κ1) is 21.0. The minimum atomic E-state index is -0.194. The Morgan fingerprint density at radius 1 is 1.21 bits per heavy atom. The molecule has 7 atom stereocenters. The number of fused-ring (bicyclic) bond motifs is 5. The van der Waals surface area contributed by atoms with Gasteiger partial charge in [-0.25, -0.2) is 0 Å². The molecule has 3 fully saturated rings. The quantitative estimate of drug-likeness (QED) is 0.382. The molecule has 2 N–H and O–H groups in total. The second-order valence-corrected chi connectivity index (χ2v) is 10.3. The van der Waals surface area contributed by atoms with Gasteiger partial charge < -0.3 is 5.32 Å². The Labute approximate surface area is 174 Å². The van der Waals surface area contributed by atoms with Crippen LogP contribution >= 0.6 is 0 Å². The van der Waals surface area contributed by atoms with Crippen LogP contribution in [0.3, 0.4) is 0 Å². The van der Waals surface area contributed by atoms with E-state index in [0.29, 0.717) is 30.1 Å². The summed E-state index contributed by atoms with van der Waals surface area (Å²) in [6.45, 7) is 6.17. The SMILES string of the molecule is CNCCCONC1=CC2C(N=O)C[C@@H]3[C@H](CC[C@]4(C)C(=O)CC[C@@H]34)[C@@]2(C)CC1. The molecule has 2 unspecified atom stereocenters. The summed E-state index contributed by atoms with van der Waals surface area (Å²) in [4.78, 5) is 30.1. The summed E-state index contributed by atoms with van der Waals surface area (Å²) >= 11 is 0. The summed E-state index contributed by atoms with van der Waals surface area (Å²) in [7, 11) is 1.94. The van der Waals surface area contributed by atoms with Gasteiger partial charge in [0.05, 0.1) is 12.6 Å². The standard InChI is InChI=1S/C23H37N3O3/c1-22-9-7-15(26-29-12-4-11-24-3)13-19(22)20(25-28)14-16-17-5-6-21(27)23(17,2)10-8-18(16)22/h13,16-20,24,26H,4-12,14H2,1-3H3/t16-,17-,18-,19?,20?,22+,23-/m0/s1. The van der Waals surface area contributed by atoms with Gasteiger partial charge in [0.15, 0.2) is 0 Å². The second-order valence-electron chi connectivity index (χ2n) is 10.3. The zero-order chi connectivity index (χ0) is 20.6. The fraction of sp³-hybridized carbons (Fsp3) is 0.870. The van der Waals surface area contributed by atoms with Crippen molar-refractivity contribution in [2.45, 2.75) is 71.3 Å². The van der Waals surface area contributed by atoms with E-state index in [2.05, 4.69) is 35.9 Å². The van der Waals surface area contributed by atoms with Gasteiger partial charge in [-0.15, -0.1) is 0 Å². The molecule has 0 spiro atoms. The number of hydrogen-bond acceptors (Lipinski definition) is 6. The Hall–Kier alpha value is -1.27. The highest BCUT2D eigenvalue weighted by Gasteiger charge is 2.61. The lowest BCUT2D eigenvalue weighted by Crippen LogP contribution is -2.56. The van der Waals surface area contributed by atoms with Crippen molar-refractivity contribution in [3.63, 3.8) is 0 Å². The average molecular weight is 404 g/mol. The molecule has 6 heteroatoms. The Morgan fingerprint density at radius 3 is 2.79 bits per heavy atom. The predicted octanol–water partition coefficient (Wildman–Crippen LogP) is 3.97. The van der Waals surface area contributed by atoms with Crippen LogP contribution in [0.2, 0.25) is 0 Å². The maximum Gasteiger partial charge on any atom is 0.139 e. The molecule has 0 heterocycles. The minimum absolute atomic E-state index is 0.0891. The molecule has 0 amide bonds. The lowest BCUT2D eigenvalue weighted by atomic mass is 9.45. The Balaban J connectivity index is 1.51. The van der Waals surface area contributed by atoms with Crippen molar-refractivity contribution in [3.05, 3.63) is 16.7 Å². The number of ketones is 1. The van der Waals surface area contributed by atoms with Gasteiger partial charge >= 0.3 is 0 Å². The Kier molecular flexibility index (Phi) is 5.86. The first-order chi connectivity index (χ1) is 13.9. The van der Waals surface area contributed by atoms with Gasteiger partial charge in [-0.05, 0) is 81.7 Å². The first-order valence-corrected chi connectivity index (χ1v) is 11.5. The maximum absolute atomic E-state index is 12.6. The molecule has 0 aliphatic heterocycles.